The van der Waals surface area contributed by atoms with Crippen LogP contribution in [0.2, 0.25) is 5.02 Å². The van der Waals surface area contributed by atoms with Crippen molar-refractivity contribution < 1.29 is 8.42 Å². The highest BCUT2D eigenvalue weighted by Gasteiger charge is 2.37. The molecule has 8 heteroatoms. The number of H-pyrrole nitrogens is 1. The molecule has 0 amide bonds. The summed E-state index contributed by atoms with van der Waals surface area (Å²) < 4.78 is 27.4. The molecule has 27 heavy (non-hydrogen) atoms. The molecule has 3 aromatic rings. The molecule has 1 aliphatic heterocycles. The molecule has 0 aliphatic carbocycles. The quantitative estimate of drug-likeness (QED) is 0.707. The van der Waals surface area contributed by atoms with E-state index < -0.39 is 10.0 Å². The standard InChI is InChI=1S/C19H19ClN4O2S/c20-15-8-6-14(7-9-15)11-16-3-1-4-18(23-16)19-5-2-10-24(19)27(25,26)17-12-21-22-13-17/h1,3-4,6-9,12-13,19H,2,5,10-11H2,(H,21,22)/t19-/m0/s1. The van der Waals surface area contributed by atoms with Gasteiger partial charge < -0.3 is 0 Å². The number of aromatic nitrogens is 3. The number of pyridine rings is 1. The first kappa shape index (κ1) is 18.2. The Morgan fingerprint density at radius 2 is 2.00 bits per heavy atom. The maximum absolute atomic E-state index is 12.9. The van der Waals surface area contributed by atoms with Gasteiger partial charge in [0.15, 0.2) is 0 Å². The molecule has 4 rings (SSSR count). The van der Waals surface area contributed by atoms with Crippen molar-refractivity contribution in [3.05, 3.63) is 76.8 Å². The molecule has 1 saturated heterocycles. The van der Waals surface area contributed by atoms with Gasteiger partial charge in [0, 0.05) is 29.9 Å². The first-order chi connectivity index (χ1) is 13.0. The third-order valence-electron chi connectivity index (χ3n) is 4.75. The summed E-state index contributed by atoms with van der Waals surface area (Å²) in [4.78, 5) is 4.94. The normalized spacial score (nSPS) is 18.0. The maximum atomic E-state index is 12.9. The van der Waals surface area contributed by atoms with E-state index in [1.54, 1.807) is 0 Å². The van der Waals surface area contributed by atoms with E-state index >= 15 is 0 Å². The molecule has 1 fully saturated rings. The van der Waals surface area contributed by atoms with Crippen molar-refractivity contribution in [2.45, 2.75) is 30.2 Å². The van der Waals surface area contributed by atoms with Crippen LogP contribution in [-0.2, 0) is 16.4 Å². The topological polar surface area (TPSA) is 79.0 Å². The largest absolute Gasteiger partial charge is 0.284 e. The number of rotatable bonds is 5. The molecule has 0 bridgehead atoms. The summed E-state index contributed by atoms with van der Waals surface area (Å²) in [7, 11) is -3.58. The lowest BCUT2D eigenvalue weighted by atomic mass is 10.1. The summed E-state index contributed by atoms with van der Waals surface area (Å²) in [5, 5.41) is 7.04. The first-order valence-corrected chi connectivity index (χ1v) is 10.6. The van der Waals surface area contributed by atoms with Crippen LogP contribution in [0.3, 0.4) is 0 Å². The molecule has 1 atom stereocenters. The van der Waals surface area contributed by atoms with Crippen LogP contribution in [0.5, 0.6) is 0 Å². The Bertz CT molecular complexity index is 1020. The van der Waals surface area contributed by atoms with Crippen molar-refractivity contribution >= 4 is 21.6 Å². The third-order valence-corrected chi connectivity index (χ3v) is 6.88. The number of nitrogens with one attached hydrogen (secondary N) is 1. The van der Waals surface area contributed by atoms with E-state index in [4.69, 9.17) is 16.6 Å². The van der Waals surface area contributed by atoms with Crippen LogP contribution in [0, 0.1) is 0 Å². The monoisotopic (exact) mass is 402 g/mol. The zero-order chi connectivity index (χ0) is 18.9. The molecular formula is C19H19ClN4O2S. The average Bonchev–Trinajstić information content (AvgIpc) is 3.36. The fourth-order valence-corrected chi connectivity index (χ4v) is 5.13. The van der Waals surface area contributed by atoms with Gasteiger partial charge in [-0.15, -0.1) is 0 Å². The molecule has 0 unspecified atom stereocenters. The van der Waals surface area contributed by atoms with Crippen molar-refractivity contribution in [1.29, 1.82) is 0 Å². The maximum Gasteiger partial charge on any atom is 0.246 e. The van der Waals surface area contributed by atoms with Gasteiger partial charge >= 0.3 is 0 Å². The van der Waals surface area contributed by atoms with Gasteiger partial charge in [0.2, 0.25) is 10.0 Å². The lowest BCUT2D eigenvalue weighted by Crippen LogP contribution is -2.31. The molecule has 0 radical (unpaired) electrons. The predicted octanol–water partition coefficient (Wildman–Crippen LogP) is 3.57. The van der Waals surface area contributed by atoms with Crippen LogP contribution >= 0.6 is 11.6 Å². The van der Waals surface area contributed by atoms with Gasteiger partial charge in [0.1, 0.15) is 4.90 Å². The predicted molar refractivity (Wildman–Crippen MR) is 103 cm³/mol. The Labute approximate surface area is 163 Å². The van der Waals surface area contributed by atoms with E-state index in [0.29, 0.717) is 18.0 Å². The lowest BCUT2D eigenvalue weighted by Gasteiger charge is -2.23. The molecule has 3 heterocycles. The highest BCUT2D eigenvalue weighted by molar-refractivity contribution is 7.89. The lowest BCUT2D eigenvalue weighted by molar-refractivity contribution is 0.390. The SMILES string of the molecule is O=S(=O)(c1cn[nH]c1)N1CCC[C@H]1c1cccc(Cc2ccc(Cl)cc2)n1. The summed E-state index contributed by atoms with van der Waals surface area (Å²) >= 11 is 5.94. The Morgan fingerprint density at radius 1 is 1.19 bits per heavy atom. The van der Waals surface area contributed by atoms with Gasteiger partial charge in [-0.25, -0.2) is 8.42 Å². The third kappa shape index (κ3) is 3.76. The van der Waals surface area contributed by atoms with Crippen LogP contribution in [0.15, 0.2) is 59.8 Å². The van der Waals surface area contributed by atoms with Crippen molar-refractivity contribution in [3.63, 3.8) is 0 Å². The number of halogens is 1. The van der Waals surface area contributed by atoms with Crippen molar-refractivity contribution in [1.82, 2.24) is 19.5 Å². The second kappa shape index (κ2) is 7.42. The van der Waals surface area contributed by atoms with Gasteiger partial charge in [0.05, 0.1) is 17.9 Å². The Kier molecular flexibility index (Phi) is 4.99. The number of hydrogen-bond acceptors (Lipinski definition) is 4. The van der Waals surface area contributed by atoms with E-state index in [1.807, 2.05) is 42.5 Å². The second-order valence-electron chi connectivity index (χ2n) is 6.56. The minimum atomic E-state index is -3.58. The van der Waals surface area contributed by atoms with E-state index in [0.717, 1.165) is 29.8 Å². The number of nitrogens with zero attached hydrogens (tertiary/aromatic N) is 3. The summed E-state index contributed by atoms with van der Waals surface area (Å²) in [6.07, 6.45) is 5.00. The molecule has 0 saturated carbocycles. The fraction of sp³-hybridized carbons (Fsp3) is 0.263. The van der Waals surface area contributed by atoms with Gasteiger partial charge in [-0.1, -0.05) is 29.8 Å². The Hall–Kier alpha value is -2.22. The van der Waals surface area contributed by atoms with Gasteiger partial charge in [-0.05, 0) is 42.7 Å². The number of aromatic amines is 1. The Morgan fingerprint density at radius 3 is 2.74 bits per heavy atom. The summed E-state index contributed by atoms with van der Waals surface area (Å²) in [6.45, 7) is 0.487. The average molecular weight is 403 g/mol. The molecular weight excluding hydrogens is 384 g/mol. The molecule has 2 aromatic heterocycles. The van der Waals surface area contributed by atoms with Crippen LogP contribution < -0.4 is 0 Å². The van der Waals surface area contributed by atoms with Gasteiger partial charge in [0.25, 0.3) is 0 Å². The summed E-state index contributed by atoms with van der Waals surface area (Å²) in [6, 6.07) is 13.2. The van der Waals surface area contributed by atoms with Crippen molar-refractivity contribution in [2.75, 3.05) is 6.54 Å². The fourth-order valence-electron chi connectivity index (χ4n) is 3.43. The highest BCUT2D eigenvalue weighted by Crippen LogP contribution is 2.35. The zero-order valence-electron chi connectivity index (χ0n) is 14.5. The first-order valence-electron chi connectivity index (χ1n) is 8.75. The van der Waals surface area contributed by atoms with E-state index in [1.165, 1.54) is 16.7 Å². The van der Waals surface area contributed by atoms with Crippen molar-refractivity contribution in [2.24, 2.45) is 0 Å². The minimum absolute atomic E-state index is 0.187. The summed E-state index contributed by atoms with van der Waals surface area (Å²) in [5.41, 5.74) is 2.80. The van der Waals surface area contributed by atoms with Gasteiger partial charge in [-0.3, -0.25) is 10.1 Å². The van der Waals surface area contributed by atoms with Gasteiger partial charge in [-0.2, -0.15) is 9.40 Å². The summed E-state index contributed by atoms with van der Waals surface area (Å²) in [5.74, 6) is 0. The van der Waals surface area contributed by atoms with E-state index in [-0.39, 0.29) is 10.9 Å². The van der Waals surface area contributed by atoms with Crippen LogP contribution in [0.4, 0.5) is 0 Å². The molecule has 1 aliphatic rings. The molecule has 0 spiro atoms. The number of sulfonamides is 1. The van der Waals surface area contributed by atoms with Crippen LogP contribution in [0.25, 0.3) is 0 Å². The smallest absolute Gasteiger partial charge is 0.246 e. The minimum Gasteiger partial charge on any atom is -0.284 e. The molecule has 1 aromatic carbocycles. The number of hydrogen-bond donors (Lipinski definition) is 1. The molecule has 140 valence electrons. The van der Waals surface area contributed by atoms with E-state index in [2.05, 4.69) is 10.2 Å². The Balaban J connectivity index is 1.60. The zero-order valence-corrected chi connectivity index (χ0v) is 16.1. The molecule has 6 nitrogen and oxygen atoms in total. The van der Waals surface area contributed by atoms with E-state index in [9.17, 15) is 8.42 Å². The second-order valence-corrected chi connectivity index (χ2v) is 8.89. The van der Waals surface area contributed by atoms with Crippen molar-refractivity contribution in [3.8, 4) is 0 Å². The number of benzene rings is 1. The van der Waals surface area contributed by atoms with Crippen LogP contribution in [-0.4, -0.2) is 34.4 Å². The molecule has 1 N–H and O–H groups in total. The van der Waals surface area contributed by atoms with Crippen LogP contribution in [0.1, 0.15) is 35.8 Å². The highest BCUT2D eigenvalue weighted by atomic mass is 35.5.